The molecule has 0 saturated heterocycles. The van der Waals surface area contributed by atoms with Crippen molar-refractivity contribution in [3.63, 3.8) is 0 Å². The van der Waals surface area contributed by atoms with Crippen LogP contribution in [0.4, 0.5) is 0 Å². The minimum absolute atomic E-state index is 0.0430. The van der Waals surface area contributed by atoms with Gasteiger partial charge in [0.2, 0.25) is 65.0 Å². The van der Waals surface area contributed by atoms with Gasteiger partial charge in [0, 0.05) is 42.8 Å². The number of phenolic OH excluding ortho intramolecular Hbond substituents is 2. The lowest BCUT2D eigenvalue weighted by molar-refractivity contribution is -0.142. The number of nitrogens with two attached hydrogens (primary N) is 3. The third-order valence-electron chi connectivity index (χ3n) is 12.6. The molecule has 0 aliphatic rings. The molecule has 442 valence electrons. The molecule has 3 aromatic carbocycles. The normalized spacial score (nSPS) is 13.9. The van der Waals surface area contributed by atoms with Crippen molar-refractivity contribution in [1.29, 1.82) is 0 Å². The number of hydrogen-bond acceptors (Lipinski definition) is 15. The largest absolute Gasteiger partial charge is 0.508 e. The number of carboxylic acid groups (broad SMARTS) is 1. The van der Waals surface area contributed by atoms with Crippen molar-refractivity contribution in [2.45, 2.75) is 121 Å². The summed E-state index contributed by atoms with van der Waals surface area (Å²) in [5, 5.41) is 51.9. The highest BCUT2D eigenvalue weighted by Crippen LogP contribution is 2.20. The maximum atomic E-state index is 14.3. The van der Waals surface area contributed by atoms with Gasteiger partial charge in [-0.25, -0.2) is 4.79 Å². The Hall–Kier alpha value is -9.60. The van der Waals surface area contributed by atoms with Crippen LogP contribution in [0.5, 0.6) is 11.5 Å². The quantitative estimate of drug-likeness (QED) is 0.0230. The maximum absolute atomic E-state index is 14.3. The van der Waals surface area contributed by atoms with Crippen LogP contribution in [0.25, 0.3) is 10.9 Å². The van der Waals surface area contributed by atoms with E-state index in [1.54, 1.807) is 44.3 Å². The highest BCUT2D eigenvalue weighted by atomic mass is 16.4. The van der Waals surface area contributed by atoms with E-state index in [9.17, 15) is 72.9 Å². The number of aromatic hydroxyl groups is 2. The van der Waals surface area contributed by atoms with Crippen molar-refractivity contribution >= 4 is 81.9 Å². The number of primary amides is 2. The number of para-hydroxylation sites is 1. The number of carbonyl (C=O) groups is 12. The van der Waals surface area contributed by atoms with Gasteiger partial charge in [-0.1, -0.05) is 56.3 Å². The number of nitrogens with one attached hydrogen (secondary N) is 10. The molecule has 0 bridgehead atoms. The number of phenols is 2. The zero-order valence-electron chi connectivity index (χ0n) is 45.5. The number of carbonyl (C=O) groups excluding carboxylic acids is 11. The van der Waals surface area contributed by atoms with Crippen LogP contribution >= 0.6 is 0 Å². The fourth-order valence-corrected chi connectivity index (χ4v) is 8.23. The molecule has 0 saturated carbocycles. The summed E-state index contributed by atoms with van der Waals surface area (Å²) >= 11 is 0. The van der Waals surface area contributed by atoms with Gasteiger partial charge in [0.05, 0.1) is 19.5 Å². The van der Waals surface area contributed by atoms with E-state index in [-0.39, 0.29) is 55.9 Å². The molecule has 1 heterocycles. The van der Waals surface area contributed by atoms with Crippen LogP contribution in [0.2, 0.25) is 0 Å². The van der Waals surface area contributed by atoms with Crippen LogP contribution in [0, 0.1) is 5.92 Å². The second-order valence-corrected chi connectivity index (χ2v) is 19.8. The third kappa shape index (κ3) is 21.2. The van der Waals surface area contributed by atoms with Crippen LogP contribution < -0.4 is 65.1 Å². The Morgan fingerprint density at radius 2 is 0.988 bits per heavy atom. The molecule has 0 fully saturated rings. The summed E-state index contributed by atoms with van der Waals surface area (Å²) in [5.74, 6) is -11.9. The van der Waals surface area contributed by atoms with Crippen LogP contribution in [0.15, 0.2) is 79.0 Å². The van der Waals surface area contributed by atoms with Gasteiger partial charge in [-0.3, -0.25) is 52.7 Å². The summed E-state index contributed by atoms with van der Waals surface area (Å²) in [6, 6.07) is 6.82. The highest BCUT2D eigenvalue weighted by Gasteiger charge is 2.34. The van der Waals surface area contributed by atoms with Crippen LogP contribution in [-0.2, 0) is 76.8 Å². The van der Waals surface area contributed by atoms with E-state index in [0.717, 1.165) is 0 Å². The second-order valence-electron chi connectivity index (χ2n) is 19.8. The van der Waals surface area contributed by atoms with E-state index in [4.69, 9.17) is 17.2 Å². The van der Waals surface area contributed by atoms with Crippen LogP contribution in [0.1, 0.15) is 70.1 Å². The zero-order valence-corrected chi connectivity index (χ0v) is 45.5. The van der Waals surface area contributed by atoms with Crippen molar-refractivity contribution in [2.75, 3.05) is 13.1 Å². The number of aromatic amines is 1. The molecule has 8 atom stereocenters. The van der Waals surface area contributed by atoms with Crippen LogP contribution in [-0.4, -0.2) is 153 Å². The van der Waals surface area contributed by atoms with E-state index in [0.29, 0.717) is 27.6 Å². The molecule has 0 unspecified atom stereocenters. The molecular formula is C54H71N13O15. The lowest BCUT2D eigenvalue weighted by atomic mass is 10.00. The molecule has 28 nitrogen and oxygen atoms in total. The first-order chi connectivity index (χ1) is 38.7. The predicted octanol–water partition coefficient (Wildman–Crippen LogP) is -3.13. The zero-order chi connectivity index (χ0) is 60.8. The van der Waals surface area contributed by atoms with E-state index >= 15 is 0 Å². The summed E-state index contributed by atoms with van der Waals surface area (Å²) < 4.78 is 0. The maximum Gasteiger partial charge on any atom is 0.326 e. The topological polar surface area (TPSA) is 468 Å². The fourth-order valence-electron chi connectivity index (χ4n) is 8.23. The molecule has 0 aliphatic carbocycles. The Balaban J connectivity index is 1.49. The van der Waals surface area contributed by atoms with Crippen LogP contribution in [0.3, 0.4) is 0 Å². The van der Waals surface area contributed by atoms with Crippen molar-refractivity contribution in [3.8, 4) is 11.5 Å². The average molecular weight is 1140 g/mol. The molecular weight excluding hydrogens is 1070 g/mol. The molecule has 11 amide bonds. The Morgan fingerprint density at radius 1 is 0.512 bits per heavy atom. The fraction of sp³-hybridized carbons (Fsp3) is 0.407. The monoisotopic (exact) mass is 1140 g/mol. The molecule has 28 heteroatoms. The Morgan fingerprint density at radius 3 is 1.54 bits per heavy atom. The molecule has 82 heavy (non-hydrogen) atoms. The summed E-state index contributed by atoms with van der Waals surface area (Å²) in [7, 11) is 0. The SMILES string of the molecule is CC(C)C[C@H](NC(=O)[C@H](CC(N)=O)NC(=O)CNC(=O)[C@H](Cc1ccc(O)cc1)NC(=O)[C@H](CCC(N)=O)NC(=O)CN)C(=O)N[C@@H](Cc1c[nH]c2ccccc12)C(=O)N[C@@H](C)C(=O)N[C@@H](C)C(=O)N[C@@H](Cc1ccc(O)cc1)C(=O)O. The average Bonchev–Trinajstić information content (AvgIpc) is 3.94. The number of H-pyrrole nitrogens is 1. The van der Waals surface area contributed by atoms with Crippen molar-refractivity contribution in [1.82, 2.24) is 52.8 Å². The van der Waals surface area contributed by atoms with E-state index < -0.39 is 139 Å². The Bertz CT molecular complexity index is 2950. The second kappa shape index (κ2) is 31.3. The first-order valence-electron chi connectivity index (χ1n) is 26.0. The summed E-state index contributed by atoms with van der Waals surface area (Å²) in [6.07, 6.45) is -0.361. The molecule has 0 aliphatic heterocycles. The predicted molar refractivity (Wildman–Crippen MR) is 294 cm³/mol. The minimum atomic E-state index is -1.74. The van der Waals surface area contributed by atoms with Gasteiger partial charge in [-0.15, -0.1) is 0 Å². The van der Waals surface area contributed by atoms with E-state index in [1.165, 1.54) is 62.4 Å². The molecule has 1 aromatic heterocycles. The number of benzene rings is 3. The van der Waals surface area contributed by atoms with Gasteiger partial charge in [-0.05, 0) is 79.6 Å². The van der Waals surface area contributed by atoms with Crippen molar-refractivity contribution in [2.24, 2.45) is 23.1 Å². The number of aromatic nitrogens is 1. The summed E-state index contributed by atoms with van der Waals surface area (Å²) in [6.45, 7) is 4.69. The number of rotatable bonds is 32. The molecule has 4 rings (SSSR count). The van der Waals surface area contributed by atoms with E-state index in [2.05, 4.69) is 52.8 Å². The number of fused-ring (bicyclic) bond motifs is 1. The van der Waals surface area contributed by atoms with Gasteiger partial charge in [0.25, 0.3) is 0 Å². The van der Waals surface area contributed by atoms with Crippen molar-refractivity contribution < 1.29 is 72.9 Å². The minimum Gasteiger partial charge on any atom is -0.508 e. The smallest absolute Gasteiger partial charge is 0.326 e. The molecule has 0 spiro atoms. The van der Waals surface area contributed by atoms with Gasteiger partial charge < -0.3 is 85.4 Å². The molecule has 19 N–H and O–H groups in total. The molecule has 4 aromatic rings. The highest BCUT2D eigenvalue weighted by molar-refractivity contribution is 5.99. The number of carboxylic acids is 1. The lowest BCUT2D eigenvalue weighted by Gasteiger charge is -2.27. The number of amides is 11. The van der Waals surface area contributed by atoms with Gasteiger partial charge in [-0.2, -0.15) is 0 Å². The van der Waals surface area contributed by atoms with Gasteiger partial charge >= 0.3 is 5.97 Å². The first-order valence-corrected chi connectivity index (χ1v) is 26.0. The number of aliphatic carboxylic acids is 1. The Labute approximate surface area is 470 Å². The first kappa shape index (κ1) is 64.9. The van der Waals surface area contributed by atoms with Gasteiger partial charge in [0.1, 0.15) is 59.8 Å². The number of hydrogen-bond donors (Lipinski definition) is 16. The van der Waals surface area contributed by atoms with Crippen molar-refractivity contribution in [3.05, 3.63) is 95.7 Å². The lowest BCUT2D eigenvalue weighted by Crippen LogP contribution is -2.60. The summed E-state index contributed by atoms with van der Waals surface area (Å²) in [5.41, 5.74) is 18.3. The standard InChI is InChI=1S/C54H71N13O15/c1-27(2)19-38(64-53(80)41(23-44(57)71)63-46(73)26-59-49(76)39(20-30-9-13-33(68)14-10-30)65-50(77)37(17-18-43(56)70)62-45(72)24-55)52(79)66-40(22-32-25-58-36-8-6-5-7-35(32)36)51(78)61-28(3)47(74)60-29(4)48(75)67-42(54(81)82)21-31-11-15-34(69)16-12-31/h5-16,25,27-29,37-42,58,68-69H,17-24,26,55H2,1-4H3,(H2,56,70)(H2,57,71)(H,59,76)(H,60,74)(H,61,78)(H,62,72)(H,63,73)(H,64,80)(H,65,77)(H,66,79)(H,67,75)(H,81,82)/t28-,29-,37-,38-,39-,40-,41-,42-/m0/s1. The van der Waals surface area contributed by atoms with E-state index in [1.807, 2.05) is 0 Å². The summed E-state index contributed by atoms with van der Waals surface area (Å²) in [4.78, 5) is 161. The molecule has 0 radical (unpaired) electrons. The van der Waals surface area contributed by atoms with Gasteiger partial charge in [0.15, 0.2) is 0 Å². The Kier molecular flexibility index (Phi) is 24.7. The third-order valence-corrected chi connectivity index (χ3v) is 12.6.